The first-order valence-electron chi connectivity index (χ1n) is 10.4. The topological polar surface area (TPSA) is 112 Å². The van der Waals surface area contributed by atoms with E-state index in [1.165, 1.54) is 18.3 Å². The fourth-order valence-electron chi connectivity index (χ4n) is 4.30. The van der Waals surface area contributed by atoms with Crippen LogP contribution in [0.2, 0.25) is 0 Å². The van der Waals surface area contributed by atoms with Gasteiger partial charge in [0.1, 0.15) is 11.8 Å². The van der Waals surface area contributed by atoms with Crippen molar-refractivity contribution < 1.29 is 37.7 Å². The van der Waals surface area contributed by atoms with E-state index in [0.29, 0.717) is 39.7 Å². The summed E-state index contributed by atoms with van der Waals surface area (Å²) in [6.45, 7) is 0.0666. The number of para-hydroxylation sites is 1. The van der Waals surface area contributed by atoms with Crippen LogP contribution in [0.5, 0.6) is 17.2 Å². The number of hydrogen-bond acceptors (Lipinski definition) is 8. The summed E-state index contributed by atoms with van der Waals surface area (Å²) >= 11 is 0. The van der Waals surface area contributed by atoms with Crippen molar-refractivity contribution in [1.82, 2.24) is 0 Å². The van der Waals surface area contributed by atoms with Crippen LogP contribution < -0.4 is 19.1 Å². The molecule has 2 aliphatic rings. The average Bonchev–Trinajstić information content (AvgIpc) is 3.64. The van der Waals surface area contributed by atoms with Crippen LogP contribution in [0, 0.1) is 0 Å². The highest BCUT2D eigenvalue weighted by Gasteiger charge is 2.47. The lowest BCUT2D eigenvalue weighted by Gasteiger charge is -2.24. The van der Waals surface area contributed by atoms with Gasteiger partial charge in [-0.05, 0) is 36.4 Å². The van der Waals surface area contributed by atoms with E-state index in [2.05, 4.69) is 0 Å². The number of amides is 1. The summed E-state index contributed by atoms with van der Waals surface area (Å²) in [6.07, 6.45) is 1.43. The van der Waals surface area contributed by atoms with Gasteiger partial charge < -0.3 is 28.2 Å². The van der Waals surface area contributed by atoms with Gasteiger partial charge in [-0.1, -0.05) is 12.1 Å². The smallest absolute Gasteiger partial charge is 0.294 e. The Balaban J connectivity index is 1.47. The zero-order valence-electron chi connectivity index (χ0n) is 17.8. The largest absolute Gasteiger partial charge is 0.503 e. The van der Waals surface area contributed by atoms with Gasteiger partial charge in [0.2, 0.25) is 12.6 Å². The molecule has 6 rings (SSSR count). The fourth-order valence-corrected chi connectivity index (χ4v) is 4.30. The number of methoxy groups -OCH3 is 1. The Kier molecular flexibility index (Phi) is 4.38. The van der Waals surface area contributed by atoms with E-state index in [1.54, 1.807) is 54.6 Å². The summed E-state index contributed by atoms with van der Waals surface area (Å²) in [5.74, 6) is -0.379. The number of carbonyl (C=O) groups excluding carboxylic acids is 2. The van der Waals surface area contributed by atoms with Crippen molar-refractivity contribution in [2.45, 2.75) is 6.04 Å². The Labute approximate surface area is 192 Å². The lowest BCUT2D eigenvalue weighted by molar-refractivity contribution is -0.117. The van der Waals surface area contributed by atoms with Gasteiger partial charge in [-0.15, -0.1) is 0 Å². The second-order valence-corrected chi connectivity index (χ2v) is 7.71. The molecular formula is C25H17NO8. The Bertz CT molecular complexity index is 1480. The molecule has 2 aromatic heterocycles. The molecule has 2 aliphatic heterocycles. The van der Waals surface area contributed by atoms with Crippen LogP contribution in [0.15, 0.2) is 81.0 Å². The Morgan fingerprint density at radius 3 is 2.74 bits per heavy atom. The molecule has 1 unspecified atom stereocenters. The quantitative estimate of drug-likeness (QED) is 0.433. The number of anilines is 1. The number of ether oxygens (including phenoxy) is 3. The first kappa shape index (κ1) is 20.0. The van der Waals surface area contributed by atoms with E-state index < -0.39 is 23.5 Å². The van der Waals surface area contributed by atoms with Crippen molar-refractivity contribution in [3.8, 4) is 17.2 Å². The van der Waals surface area contributed by atoms with Crippen molar-refractivity contribution >= 4 is 28.3 Å². The number of furan rings is 2. The second-order valence-electron chi connectivity index (χ2n) is 7.71. The molecule has 9 nitrogen and oxygen atoms in total. The highest BCUT2D eigenvalue weighted by molar-refractivity contribution is 6.20. The third kappa shape index (κ3) is 2.87. The lowest BCUT2D eigenvalue weighted by atomic mass is 9.99. The summed E-state index contributed by atoms with van der Waals surface area (Å²) in [4.78, 5) is 28.1. The molecule has 0 aliphatic carbocycles. The standard InChI is InChI=1S/C25H17NO8/c1-30-17-5-2-4-13-10-19(34-24(13)17)22(27)20-21(16-6-3-9-31-16)26(25(29)23(20)28)14-7-8-15-18(11-14)33-12-32-15/h2-11,21,28H,12H2,1H3. The molecule has 0 spiro atoms. The molecule has 1 amide bonds. The number of aliphatic hydroxyl groups is 1. The predicted molar refractivity (Wildman–Crippen MR) is 118 cm³/mol. The van der Waals surface area contributed by atoms with Gasteiger partial charge in [-0.25, -0.2) is 0 Å². The number of ketones is 1. The van der Waals surface area contributed by atoms with Crippen LogP contribution in [-0.2, 0) is 4.79 Å². The van der Waals surface area contributed by atoms with Crippen LogP contribution in [0.1, 0.15) is 22.4 Å². The number of rotatable bonds is 5. The summed E-state index contributed by atoms with van der Waals surface area (Å²) in [7, 11) is 1.50. The molecule has 0 saturated heterocycles. The molecule has 170 valence electrons. The summed E-state index contributed by atoms with van der Waals surface area (Å²) in [5.41, 5.74) is 0.631. The molecule has 0 radical (unpaired) electrons. The van der Waals surface area contributed by atoms with Crippen molar-refractivity contribution in [2.24, 2.45) is 0 Å². The van der Waals surface area contributed by atoms with Crippen LogP contribution in [0.3, 0.4) is 0 Å². The van der Waals surface area contributed by atoms with Gasteiger partial charge >= 0.3 is 0 Å². The Hall–Kier alpha value is -4.66. The van der Waals surface area contributed by atoms with Gasteiger partial charge in [0.25, 0.3) is 5.91 Å². The van der Waals surface area contributed by atoms with Crippen LogP contribution in [0.4, 0.5) is 5.69 Å². The number of benzene rings is 2. The van der Waals surface area contributed by atoms with Crippen molar-refractivity contribution in [2.75, 3.05) is 18.8 Å². The number of hydrogen-bond donors (Lipinski definition) is 1. The van der Waals surface area contributed by atoms with Crippen molar-refractivity contribution in [3.63, 3.8) is 0 Å². The van der Waals surface area contributed by atoms with Gasteiger partial charge in [0.15, 0.2) is 34.4 Å². The maximum absolute atomic E-state index is 13.6. The fraction of sp³-hybridized carbons (Fsp3) is 0.120. The number of Topliss-reactive ketones (excluding diaryl/α,β-unsaturated/α-hetero) is 1. The maximum atomic E-state index is 13.6. The molecule has 1 N–H and O–H groups in total. The van der Waals surface area contributed by atoms with E-state index in [-0.39, 0.29) is 18.1 Å². The third-order valence-electron chi connectivity index (χ3n) is 5.85. The van der Waals surface area contributed by atoms with Gasteiger partial charge in [0.05, 0.1) is 18.9 Å². The monoisotopic (exact) mass is 459 g/mol. The normalized spacial score (nSPS) is 17.1. The molecule has 34 heavy (non-hydrogen) atoms. The van der Waals surface area contributed by atoms with Gasteiger partial charge in [-0.3, -0.25) is 14.5 Å². The zero-order valence-corrected chi connectivity index (χ0v) is 17.8. The first-order valence-corrected chi connectivity index (χ1v) is 10.4. The van der Waals surface area contributed by atoms with Crippen LogP contribution in [-0.4, -0.2) is 30.7 Å². The summed E-state index contributed by atoms with van der Waals surface area (Å²) in [6, 6.07) is 14.0. The van der Waals surface area contributed by atoms with E-state index in [1.807, 2.05) is 0 Å². The molecule has 4 aromatic rings. The SMILES string of the molecule is COc1cccc2cc(C(=O)C3=C(O)C(=O)N(c4ccc5c(c4)OCO5)C3c3ccco3)oc12. The van der Waals surface area contributed by atoms with Crippen LogP contribution in [0.25, 0.3) is 11.0 Å². The van der Waals surface area contributed by atoms with E-state index in [9.17, 15) is 14.7 Å². The number of nitrogens with zero attached hydrogens (tertiary/aromatic N) is 1. The van der Waals surface area contributed by atoms with E-state index in [4.69, 9.17) is 23.0 Å². The second kappa shape index (κ2) is 7.45. The zero-order chi connectivity index (χ0) is 23.4. The highest BCUT2D eigenvalue weighted by Crippen LogP contribution is 2.45. The van der Waals surface area contributed by atoms with E-state index >= 15 is 0 Å². The van der Waals surface area contributed by atoms with Gasteiger partial charge in [-0.2, -0.15) is 0 Å². The first-order chi connectivity index (χ1) is 16.6. The minimum atomic E-state index is -1.02. The highest BCUT2D eigenvalue weighted by atomic mass is 16.7. The number of fused-ring (bicyclic) bond motifs is 2. The lowest BCUT2D eigenvalue weighted by Crippen LogP contribution is -2.30. The molecule has 9 heteroatoms. The minimum Gasteiger partial charge on any atom is -0.503 e. The molecule has 1 atom stereocenters. The number of carbonyl (C=O) groups is 2. The minimum absolute atomic E-state index is 0.0436. The number of aliphatic hydroxyl groups excluding tert-OH is 1. The van der Waals surface area contributed by atoms with Crippen LogP contribution >= 0.6 is 0 Å². The average molecular weight is 459 g/mol. The maximum Gasteiger partial charge on any atom is 0.294 e. The van der Waals surface area contributed by atoms with Crippen molar-refractivity contribution in [1.29, 1.82) is 0 Å². The molecule has 0 saturated carbocycles. The summed E-state index contributed by atoms with van der Waals surface area (Å²) in [5, 5.41) is 11.5. The Morgan fingerprint density at radius 1 is 1.09 bits per heavy atom. The molecule has 4 heterocycles. The van der Waals surface area contributed by atoms with E-state index in [0.717, 1.165) is 0 Å². The molecule has 0 bridgehead atoms. The van der Waals surface area contributed by atoms with Gasteiger partial charge in [0, 0.05) is 17.1 Å². The molecule has 2 aromatic carbocycles. The molecule has 0 fully saturated rings. The molecular weight excluding hydrogens is 442 g/mol. The summed E-state index contributed by atoms with van der Waals surface area (Å²) < 4.78 is 27.5. The Morgan fingerprint density at radius 2 is 1.94 bits per heavy atom. The van der Waals surface area contributed by atoms with Crippen molar-refractivity contribution in [3.05, 3.63) is 83.7 Å². The third-order valence-corrected chi connectivity index (χ3v) is 5.85. The predicted octanol–water partition coefficient (Wildman–Crippen LogP) is 4.55.